The van der Waals surface area contributed by atoms with Gasteiger partial charge in [0.25, 0.3) is 5.91 Å². The van der Waals surface area contributed by atoms with E-state index in [1.54, 1.807) is 15.6 Å². The first-order valence-corrected chi connectivity index (χ1v) is 13.8. The molecule has 7 rings (SSSR count). The Bertz CT molecular complexity index is 1630. The van der Waals surface area contributed by atoms with Crippen molar-refractivity contribution < 1.29 is 23.6 Å². The van der Waals surface area contributed by atoms with E-state index >= 15 is 0 Å². The Hall–Kier alpha value is -4.45. The zero-order valence-corrected chi connectivity index (χ0v) is 23.0. The molecule has 3 fully saturated rings. The molecule has 2 amide bonds. The van der Waals surface area contributed by atoms with E-state index in [1.807, 2.05) is 43.5 Å². The number of likely N-dealkylation sites (tertiary alicyclic amines) is 1. The van der Waals surface area contributed by atoms with Crippen molar-refractivity contribution in [2.45, 2.75) is 25.7 Å². The lowest BCUT2D eigenvalue weighted by Crippen LogP contribution is -2.66. The maximum atomic E-state index is 13.4. The van der Waals surface area contributed by atoms with Crippen LogP contribution in [0.15, 0.2) is 47.2 Å². The lowest BCUT2D eigenvalue weighted by molar-refractivity contribution is -0.127. The molecule has 12 heteroatoms. The summed E-state index contributed by atoms with van der Waals surface area (Å²) in [6.07, 6.45) is 4.62. The number of nitrogens with zero attached hydrogens (tertiary/aromatic N) is 6. The van der Waals surface area contributed by atoms with Gasteiger partial charge in [-0.05, 0) is 43.5 Å². The number of nitrogens with one attached hydrogen (secondary N) is 1. The first kappa shape index (κ1) is 25.5. The number of benzene rings is 1. The Morgan fingerprint density at radius 3 is 2.66 bits per heavy atom. The van der Waals surface area contributed by atoms with Crippen LogP contribution in [-0.2, 0) is 9.47 Å². The van der Waals surface area contributed by atoms with Gasteiger partial charge in [-0.1, -0.05) is 17.3 Å². The topological polar surface area (TPSA) is 127 Å². The minimum Gasteiger partial charge on any atom is -0.453 e. The third kappa shape index (κ3) is 4.57. The Morgan fingerprint density at radius 1 is 1.12 bits per heavy atom. The molecule has 0 atom stereocenters. The molecule has 6 heterocycles. The molecule has 3 saturated heterocycles. The number of amides is 2. The molecule has 212 valence electrons. The molecule has 3 aliphatic heterocycles. The van der Waals surface area contributed by atoms with Gasteiger partial charge in [-0.15, -0.1) is 0 Å². The average Bonchev–Trinajstić information content (AvgIpc) is 3.60. The number of hydrogen-bond acceptors (Lipinski definition) is 9. The van der Waals surface area contributed by atoms with Gasteiger partial charge in [0.2, 0.25) is 11.7 Å². The van der Waals surface area contributed by atoms with E-state index in [4.69, 9.17) is 14.0 Å². The second-order valence-electron chi connectivity index (χ2n) is 11.3. The molecule has 1 aromatic carbocycles. The van der Waals surface area contributed by atoms with Gasteiger partial charge in [0, 0.05) is 55.2 Å². The van der Waals surface area contributed by atoms with E-state index in [0.717, 1.165) is 61.5 Å². The van der Waals surface area contributed by atoms with Crippen LogP contribution >= 0.6 is 0 Å². The van der Waals surface area contributed by atoms with Gasteiger partial charge < -0.3 is 29.1 Å². The van der Waals surface area contributed by atoms with Gasteiger partial charge in [-0.2, -0.15) is 10.1 Å². The third-order valence-electron chi connectivity index (χ3n) is 8.45. The largest absolute Gasteiger partial charge is 0.453 e. The molecule has 0 unspecified atom stereocenters. The van der Waals surface area contributed by atoms with Crippen LogP contribution < -0.4 is 10.2 Å². The summed E-state index contributed by atoms with van der Waals surface area (Å²) in [7, 11) is 1.39. The van der Waals surface area contributed by atoms with E-state index in [9.17, 15) is 9.59 Å². The number of piperidine rings is 1. The number of pyridine rings is 1. The molecule has 4 aromatic rings. The number of hydrogen-bond donors (Lipinski definition) is 1. The fourth-order valence-corrected chi connectivity index (χ4v) is 5.90. The van der Waals surface area contributed by atoms with E-state index in [1.165, 1.54) is 7.11 Å². The quantitative estimate of drug-likeness (QED) is 0.390. The van der Waals surface area contributed by atoms with Crippen LogP contribution in [0.4, 0.5) is 16.2 Å². The molecular formula is C29H31N7O5. The minimum absolute atomic E-state index is 0.0751. The van der Waals surface area contributed by atoms with E-state index in [0.29, 0.717) is 41.5 Å². The van der Waals surface area contributed by atoms with Crippen LogP contribution in [0, 0.1) is 12.3 Å². The standard InChI is InChI=1S/C29H31N7O5/c1-18-3-4-20(25-32-27(41-33-25)19-5-8-34(9-6-19)28(38)39-2)11-23(18)31-26(37)22-13-30-36-10-7-21(12-24(22)36)35-14-29(15-35)16-40-17-29/h3-4,7,10-13,19H,5-6,8-9,14-17H2,1-2H3,(H,31,37). The van der Waals surface area contributed by atoms with Crippen molar-refractivity contribution in [1.82, 2.24) is 24.7 Å². The first-order chi connectivity index (χ1) is 19.9. The number of carbonyl (C=O) groups excluding carboxylic acids is 2. The lowest BCUT2D eigenvalue weighted by atomic mass is 9.78. The summed E-state index contributed by atoms with van der Waals surface area (Å²) in [5.74, 6) is 0.841. The Labute approximate surface area is 236 Å². The second-order valence-corrected chi connectivity index (χ2v) is 11.3. The number of fused-ring (bicyclic) bond motifs is 1. The van der Waals surface area contributed by atoms with Crippen molar-refractivity contribution in [3.8, 4) is 11.4 Å². The molecule has 1 spiro atoms. The van der Waals surface area contributed by atoms with Crippen molar-refractivity contribution in [1.29, 1.82) is 0 Å². The van der Waals surface area contributed by atoms with Gasteiger partial charge in [-0.25, -0.2) is 9.31 Å². The SMILES string of the molecule is COC(=O)N1CCC(c2nc(-c3ccc(C)c(NC(=O)c4cnn5ccc(N6CC7(COC7)C6)cc45)c3)no2)CC1. The fourth-order valence-electron chi connectivity index (χ4n) is 5.90. The normalized spacial score (nSPS) is 18.3. The highest BCUT2D eigenvalue weighted by Gasteiger charge is 2.49. The summed E-state index contributed by atoms with van der Waals surface area (Å²) < 4.78 is 17.5. The molecule has 3 aliphatic rings. The zero-order chi connectivity index (χ0) is 28.1. The average molecular weight is 558 g/mol. The van der Waals surface area contributed by atoms with Crippen molar-refractivity contribution in [3.05, 3.63) is 59.7 Å². The summed E-state index contributed by atoms with van der Waals surface area (Å²) in [6, 6.07) is 9.75. The maximum absolute atomic E-state index is 13.4. The van der Waals surface area contributed by atoms with Crippen molar-refractivity contribution in [3.63, 3.8) is 0 Å². The van der Waals surface area contributed by atoms with Crippen molar-refractivity contribution in [2.24, 2.45) is 5.41 Å². The number of aromatic nitrogens is 4. The number of ether oxygens (including phenoxy) is 2. The smallest absolute Gasteiger partial charge is 0.409 e. The van der Waals surface area contributed by atoms with Crippen LogP contribution in [0.2, 0.25) is 0 Å². The molecular weight excluding hydrogens is 526 g/mol. The number of methoxy groups -OCH3 is 1. The van der Waals surface area contributed by atoms with Gasteiger partial charge >= 0.3 is 6.09 Å². The summed E-state index contributed by atoms with van der Waals surface area (Å²) >= 11 is 0. The molecule has 0 bridgehead atoms. The second kappa shape index (κ2) is 9.88. The molecule has 3 aromatic heterocycles. The number of rotatable bonds is 5. The highest BCUT2D eigenvalue weighted by Crippen LogP contribution is 2.40. The summed E-state index contributed by atoms with van der Waals surface area (Å²) in [5.41, 5.74) is 4.94. The molecule has 0 radical (unpaired) electrons. The highest BCUT2D eigenvalue weighted by atomic mass is 16.5. The molecule has 41 heavy (non-hydrogen) atoms. The highest BCUT2D eigenvalue weighted by molar-refractivity contribution is 6.09. The number of anilines is 2. The van der Waals surface area contributed by atoms with Crippen molar-refractivity contribution in [2.75, 3.05) is 56.7 Å². The lowest BCUT2D eigenvalue weighted by Gasteiger charge is -2.56. The number of aryl methyl sites for hydroxylation is 1. The summed E-state index contributed by atoms with van der Waals surface area (Å²) in [5, 5.41) is 11.7. The Morgan fingerprint density at radius 2 is 1.93 bits per heavy atom. The number of carbonyl (C=O) groups is 2. The molecule has 1 N–H and O–H groups in total. The van der Waals surface area contributed by atoms with Crippen LogP contribution in [0.25, 0.3) is 16.9 Å². The van der Waals surface area contributed by atoms with Crippen LogP contribution in [0.5, 0.6) is 0 Å². The minimum atomic E-state index is -0.318. The third-order valence-corrected chi connectivity index (χ3v) is 8.45. The van der Waals surface area contributed by atoms with E-state index in [2.05, 4.69) is 25.5 Å². The van der Waals surface area contributed by atoms with Crippen LogP contribution in [0.3, 0.4) is 0 Å². The fraction of sp³-hybridized carbons (Fsp3) is 0.414. The predicted octanol–water partition coefficient (Wildman–Crippen LogP) is 3.73. The van der Waals surface area contributed by atoms with Crippen LogP contribution in [0.1, 0.15) is 40.6 Å². The van der Waals surface area contributed by atoms with Crippen LogP contribution in [-0.4, -0.2) is 83.2 Å². The Balaban J connectivity index is 1.06. The predicted molar refractivity (Wildman–Crippen MR) is 149 cm³/mol. The van der Waals surface area contributed by atoms with E-state index in [-0.39, 0.29) is 17.9 Å². The first-order valence-electron chi connectivity index (χ1n) is 13.8. The monoisotopic (exact) mass is 557 g/mol. The maximum Gasteiger partial charge on any atom is 0.409 e. The van der Waals surface area contributed by atoms with Crippen molar-refractivity contribution >= 4 is 28.9 Å². The van der Waals surface area contributed by atoms with E-state index < -0.39 is 0 Å². The summed E-state index contributed by atoms with van der Waals surface area (Å²) in [6.45, 7) is 6.68. The Kier molecular flexibility index (Phi) is 6.15. The summed E-state index contributed by atoms with van der Waals surface area (Å²) in [4.78, 5) is 33.9. The molecule has 12 nitrogen and oxygen atoms in total. The van der Waals surface area contributed by atoms with Gasteiger partial charge in [0.1, 0.15) is 0 Å². The van der Waals surface area contributed by atoms with Gasteiger partial charge in [0.15, 0.2) is 0 Å². The van der Waals surface area contributed by atoms with Gasteiger partial charge in [0.05, 0.1) is 43.0 Å². The molecule has 0 aliphatic carbocycles. The molecule has 0 saturated carbocycles. The zero-order valence-electron chi connectivity index (χ0n) is 23.0. The van der Waals surface area contributed by atoms with Gasteiger partial charge in [-0.3, -0.25) is 4.79 Å².